The predicted molar refractivity (Wildman–Crippen MR) is 87.9 cm³/mol. The third kappa shape index (κ3) is 3.26. The second-order valence-corrected chi connectivity index (χ2v) is 6.76. The molecular weight excluding hydrogens is 258 g/mol. The second kappa shape index (κ2) is 6.83. The number of ether oxygens (including phenoxy) is 1. The molecular formula is C19H29NO. The molecule has 1 aromatic rings. The highest BCUT2D eigenvalue weighted by molar-refractivity contribution is 5.32. The molecule has 0 radical (unpaired) electrons. The molecule has 3 atom stereocenters. The van der Waals surface area contributed by atoms with E-state index in [1.54, 1.807) is 0 Å². The second-order valence-electron chi connectivity index (χ2n) is 6.76. The summed E-state index contributed by atoms with van der Waals surface area (Å²) in [5.41, 5.74) is 1.49. The van der Waals surface area contributed by atoms with Crippen molar-refractivity contribution in [2.45, 2.75) is 69.9 Å². The maximum Gasteiger partial charge on any atom is 0.119 e. The third-order valence-electron chi connectivity index (χ3n) is 5.55. The van der Waals surface area contributed by atoms with Crippen molar-refractivity contribution in [1.82, 2.24) is 5.32 Å². The molecule has 2 saturated carbocycles. The Labute approximate surface area is 129 Å². The first-order valence-corrected chi connectivity index (χ1v) is 8.75. The van der Waals surface area contributed by atoms with Gasteiger partial charge in [0.15, 0.2) is 0 Å². The van der Waals surface area contributed by atoms with Crippen LogP contribution in [0.3, 0.4) is 0 Å². The fourth-order valence-corrected chi connectivity index (χ4v) is 4.16. The summed E-state index contributed by atoms with van der Waals surface area (Å²) in [7, 11) is 2.09. The van der Waals surface area contributed by atoms with E-state index in [2.05, 4.69) is 43.6 Å². The maximum atomic E-state index is 6.12. The Morgan fingerprint density at radius 2 is 1.81 bits per heavy atom. The normalized spacial score (nSPS) is 29.9. The maximum absolute atomic E-state index is 6.12. The topological polar surface area (TPSA) is 21.3 Å². The highest BCUT2D eigenvalue weighted by Crippen LogP contribution is 2.44. The Morgan fingerprint density at radius 1 is 1.10 bits per heavy atom. The number of benzene rings is 1. The van der Waals surface area contributed by atoms with Crippen LogP contribution in [0.5, 0.6) is 5.75 Å². The lowest BCUT2D eigenvalue weighted by Crippen LogP contribution is -2.47. The summed E-state index contributed by atoms with van der Waals surface area (Å²) in [5.74, 6) is 2.58. The molecule has 1 N–H and O–H groups in total. The van der Waals surface area contributed by atoms with Crippen molar-refractivity contribution in [3.8, 4) is 5.75 Å². The van der Waals surface area contributed by atoms with Gasteiger partial charge in [-0.3, -0.25) is 0 Å². The van der Waals surface area contributed by atoms with Crippen molar-refractivity contribution in [3.05, 3.63) is 29.8 Å². The summed E-state index contributed by atoms with van der Waals surface area (Å²) < 4.78 is 6.12. The van der Waals surface area contributed by atoms with E-state index in [0.29, 0.717) is 12.1 Å². The average molecular weight is 287 g/mol. The molecule has 0 saturated heterocycles. The van der Waals surface area contributed by atoms with Gasteiger partial charge in [-0.25, -0.2) is 0 Å². The van der Waals surface area contributed by atoms with E-state index in [1.165, 1.54) is 50.5 Å². The van der Waals surface area contributed by atoms with Crippen LogP contribution in [0.2, 0.25) is 0 Å². The molecule has 2 heteroatoms. The van der Waals surface area contributed by atoms with Crippen molar-refractivity contribution < 1.29 is 4.74 Å². The Balaban J connectivity index is 1.59. The van der Waals surface area contributed by atoms with Crippen LogP contribution in [0.4, 0.5) is 0 Å². The first-order valence-electron chi connectivity index (χ1n) is 8.75. The van der Waals surface area contributed by atoms with E-state index in [-0.39, 0.29) is 0 Å². The van der Waals surface area contributed by atoms with Gasteiger partial charge in [0.2, 0.25) is 0 Å². The zero-order chi connectivity index (χ0) is 14.7. The van der Waals surface area contributed by atoms with Gasteiger partial charge in [0.05, 0.1) is 6.10 Å². The van der Waals surface area contributed by atoms with Crippen molar-refractivity contribution in [3.63, 3.8) is 0 Å². The van der Waals surface area contributed by atoms with Crippen molar-refractivity contribution in [1.29, 1.82) is 0 Å². The number of hydrogen-bond acceptors (Lipinski definition) is 2. The Morgan fingerprint density at radius 3 is 2.43 bits per heavy atom. The van der Waals surface area contributed by atoms with Gasteiger partial charge in [0.25, 0.3) is 0 Å². The van der Waals surface area contributed by atoms with Gasteiger partial charge < -0.3 is 10.1 Å². The summed E-state index contributed by atoms with van der Waals surface area (Å²) in [6.45, 7) is 2.31. The monoisotopic (exact) mass is 287 g/mol. The van der Waals surface area contributed by atoms with E-state index >= 15 is 0 Å². The molecule has 21 heavy (non-hydrogen) atoms. The van der Waals surface area contributed by atoms with Crippen LogP contribution in [0.1, 0.15) is 63.4 Å². The van der Waals surface area contributed by atoms with Crippen molar-refractivity contribution in [2.75, 3.05) is 7.05 Å². The zero-order valence-corrected chi connectivity index (χ0v) is 13.5. The third-order valence-corrected chi connectivity index (χ3v) is 5.55. The van der Waals surface area contributed by atoms with Crippen LogP contribution in [0, 0.1) is 5.92 Å². The van der Waals surface area contributed by atoms with E-state index in [0.717, 1.165) is 17.6 Å². The van der Waals surface area contributed by atoms with Crippen LogP contribution in [0.25, 0.3) is 0 Å². The number of hydrogen-bond donors (Lipinski definition) is 1. The lowest BCUT2D eigenvalue weighted by molar-refractivity contribution is 0.154. The van der Waals surface area contributed by atoms with Gasteiger partial charge in [0, 0.05) is 6.04 Å². The molecule has 0 heterocycles. The summed E-state index contributed by atoms with van der Waals surface area (Å²) in [4.78, 5) is 0. The van der Waals surface area contributed by atoms with E-state index in [1.807, 2.05) is 0 Å². The van der Waals surface area contributed by atoms with E-state index in [4.69, 9.17) is 4.74 Å². The number of rotatable bonds is 5. The highest BCUT2D eigenvalue weighted by Gasteiger charge is 2.39. The minimum atomic E-state index is 0.449. The Kier molecular flexibility index (Phi) is 4.84. The van der Waals surface area contributed by atoms with Crippen LogP contribution in [-0.4, -0.2) is 19.2 Å². The quantitative estimate of drug-likeness (QED) is 0.861. The summed E-state index contributed by atoms with van der Waals surface area (Å²) in [6.07, 6.45) is 9.48. The molecule has 3 rings (SSSR count). The molecule has 0 bridgehead atoms. The van der Waals surface area contributed by atoms with Gasteiger partial charge >= 0.3 is 0 Å². The average Bonchev–Trinajstić information content (AvgIpc) is 2.50. The molecule has 2 aliphatic rings. The fraction of sp³-hybridized carbons (Fsp3) is 0.684. The van der Waals surface area contributed by atoms with Crippen LogP contribution in [-0.2, 0) is 0 Å². The smallest absolute Gasteiger partial charge is 0.119 e. The molecule has 0 spiro atoms. The molecule has 3 unspecified atom stereocenters. The molecule has 1 aromatic carbocycles. The molecule has 2 fully saturated rings. The lowest BCUT2D eigenvalue weighted by Gasteiger charge is -2.45. The molecule has 2 nitrogen and oxygen atoms in total. The Bertz CT molecular complexity index is 435. The fourth-order valence-electron chi connectivity index (χ4n) is 4.16. The van der Waals surface area contributed by atoms with Crippen LogP contribution in [0.15, 0.2) is 24.3 Å². The SMILES string of the molecule is CCC1C(NC)CC1c1ccc(OC2CCCCC2)cc1. The number of nitrogens with one attached hydrogen (secondary N) is 1. The first-order chi connectivity index (χ1) is 10.3. The summed E-state index contributed by atoms with van der Waals surface area (Å²) in [5, 5.41) is 3.44. The molecule has 0 aromatic heterocycles. The first kappa shape index (κ1) is 14.9. The zero-order valence-electron chi connectivity index (χ0n) is 13.5. The van der Waals surface area contributed by atoms with E-state index in [9.17, 15) is 0 Å². The minimum Gasteiger partial charge on any atom is -0.490 e. The van der Waals surface area contributed by atoms with Crippen molar-refractivity contribution >= 4 is 0 Å². The van der Waals surface area contributed by atoms with Crippen LogP contribution >= 0.6 is 0 Å². The minimum absolute atomic E-state index is 0.449. The van der Waals surface area contributed by atoms with E-state index < -0.39 is 0 Å². The van der Waals surface area contributed by atoms with Gasteiger partial charge in [-0.15, -0.1) is 0 Å². The largest absolute Gasteiger partial charge is 0.490 e. The summed E-state index contributed by atoms with van der Waals surface area (Å²) >= 11 is 0. The lowest BCUT2D eigenvalue weighted by atomic mass is 9.65. The Hall–Kier alpha value is -1.02. The molecule has 0 amide bonds. The van der Waals surface area contributed by atoms with Gasteiger partial charge in [-0.1, -0.05) is 31.9 Å². The molecule has 0 aliphatic heterocycles. The summed E-state index contributed by atoms with van der Waals surface area (Å²) in [6, 6.07) is 9.65. The van der Waals surface area contributed by atoms with Gasteiger partial charge in [0.1, 0.15) is 5.75 Å². The van der Waals surface area contributed by atoms with Crippen molar-refractivity contribution in [2.24, 2.45) is 5.92 Å². The molecule has 116 valence electrons. The van der Waals surface area contributed by atoms with Crippen LogP contribution < -0.4 is 10.1 Å². The predicted octanol–water partition coefficient (Wildman–Crippen LogP) is 4.50. The highest BCUT2D eigenvalue weighted by atomic mass is 16.5. The standard InChI is InChI=1S/C19H29NO/c1-3-17-18(13-19(17)20-2)14-9-11-16(12-10-14)21-15-7-5-4-6-8-15/h9-12,15,17-20H,3-8,13H2,1-2H3. The molecule has 2 aliphatic carbocycles. The van der Waals surface area contributed by atoms with Gasteiger partial charge in [-0.05, 0) is 68.7 Å². The van der Waals surface area contributed by atoms with Gasteiger partial charge in [-0.2, -0.15) is 0 Å².